The number of hydrogen-bond acceptors (Lipinski definition) is 6. The Morgan fingerprint density at radius 3 is 2.86 bits per heavy atom. The Bertz CT molecular complexity index is 871. The van der Waals surface area contributed by atoms with Crippen LogP contribution in [-0.2, 0) is 29.0 Å². The lowest BCUT2D eigenvalue weighted by molar-refractivity contribution is -0.131. The molecular weight excluding hydrogens is 424 g/mol. The zero-order valence-electron chi connectivity index (χ0n) is 15.9. The van der Waals surface area contributed by atoms with Crippen molar-refractivity contribution in [3.05, 3.63) is 45.7 Å². The number of carbonyl (C=O) groups excluding carboxylic acids is 1. The van der Waals surface area contributed by atoms with Gasteiger partial charge >= 0.3 is 0 Å². The van der Waals surface area contributed by atoms with E-state index in [0.29, 0.717) is 39.1 Å². The van der Waals surface area contributed by atoms with Crippen molar-refractivity contribution in [2.24, 2.45) is 0 Å². The third-order valence-corrected chi connectivity index (χ3v) is 5.75. The molecule has 0 bridgehead atoms. The first-order valence-corrected chi connectivity index (χ1v) is 10.2. The van der Waals surface area contributed by atoms with E-state index >= 15 is 0 Å². The van der Waals surface area contributed by atoms with Gasteiger partial charge in [0.2, 0.25) is 11.9 Å². The van der Waals surface area contributed by atoms with Crippen molar-refractivity contribution in [3.8, 4) is 5.75 Å². The van der Waals surface area contributed by atoms with E-state index in [4.69, 9.17) is 14.5 Å². The van der Waals surface area contributed by atoms with Crippen molar-refractivity contribution >= 4 is 27.8 Å². The van der Waals surface area contributed by atoms with Crippen LogP contribution in [0.15, 0.2) is 28.9 Å². The molecule has 0 saturated carbocycles. The maximum absolute atomic E-state index is 12.7. The van der Waals surface area contributed by atoms with Gasteiger partial charge in [-0.3, -0.25) is 4.79 Å². The molecule has 0 aliphatic carbocycles. The van der Waals surface area contributed by atoms with Gasteiger partial charge in [-0.25, -0.2) is 9.97 Å². The Hall–Kier alpha value is -2.19. The summed E-state index contributed by atoms with van der Waals surface area (Å²) in [4.78, 5) is 25.9. The number of amides is 1. The third kappa shape index (κ3) is 4.12. The smallest absolute Gasteiger partial charge is 0.225 e. The molecule has 1 aromatic heterocycles. The third-order valence-electron chi connectivity index (χ3n) is 5.13. The summed E-state index contributed by atoms with van der Waals surface area (Å²) in [7, 11) is 1.64. The molecule has 2 aliphatic heterocycles. The highest BCUT2D eigenvalue weighted by molar-refractivity contribution is 9.10. The first-order chi connectivity index (χ1) is 13.6. The van der Waals surface area contributed by atoms with E-state index in [2.05, 4.69) is 25.8 Å². The monoisotopic (exact) mass is 446 g/mol. The standard InChI is InChI=1S/C20H23BrN4O3/c1-27-18-4-2-14(10-16(18)21)3-5-19(26)25-12-15-11-22-20(23-17(15)13-25)24-6-8-28-9-7-24/h2,4,10-11H,3,5-9,12-13H2,1H3. The van der Waals surface area contributed by atoms with Gasteiger partial charge in [-0.2, -0.15) is 0 Å². The van der Waals surface area contributed by atoms with E-state index in [1.54, 1.807) is 7.11 Å². The Labute approximate surface area is 172 Å². The van der Waals surface area contributed by atoms with E-state index in [9.17, 15) is 4.79 Å². The molecule has 7 nitrogen and oxygen atoms in total. The average molecular weight is 447 g/mol. The van der Waals surface area contributed by atoms with Crippen molar-refractivity contribution < 1.29 is 14.3 Å². The molecule has 4 rings (SSSR count). The number of hydrogen-bond donors (Lipinski definition) is 0. The van der Waals surface area contributed by atoms with E-state index in [1.165, 1.54) is 0 Å². The molecule has 2 aromatic rings. The number of nitrogens with zero attached hydrogens (tertiary/aromatic N) is 4. The number of ether oxygens (including phenoxy) is 2. The number of halogens is 1. The minimum absolute atomic E-state index is 0.137. The number of fused-ring (bicyclic) bond motifs is 1. The largest absolute Gasteiger partial charge is 0.496 e. The van der Waals surface area contributed by atoms with Crippen LogP contribution >= 0.6 is 15.9 Å². The average Bonchev–Trinajstić information content (AvgIpc) is 3.16. The SMILES string of the molecule is COc1ccc(CCC(=O)N2Cc3cnc(N4CCOCC4)nc3C2)cc1Br. The zero-order valence-corrected chi connectivity index (χ0v) is 17.4. The second-order valence-electron chi connectivity index (χ2n) is 6.96. The lowest BCUT2D eigenvalue weighted by Crippen LogP contribution is -2.37. The minimum Gasteiger partial charge on any atom is -0.496 e. The fraction of sp³-hybridized carbons (Fsp3) is 0.450. The molecule has 1 fully saturated rings. The number of methoxy groups -OCH3 is 1. The van der Waals surface area contributed by atoms with Crippen LogP contribution in [0, 0.1) is 0 Å². The van der Waals surface area contributed by atoms with Gasteiger partial charge in [0.25, 0.3) is 0 Å². The molecule has 0 radical (unpaired) electrons. The fourth-order valence-corrected chi connectivity index (χ4v) is 4.10. The van der Waals surface area contributed by atoms with Crippen molar-refractivity contribution in [2.45, 2.75) is 25.9 Å². The highest BCUT2D eigenvalue weighted by atomic mass is 79.9. The quantitative estimate of drug-likeness (QED) is 0.702. The number of anilines is 1. The summed E-state index contributed by atoms with van der Waals surface area (Å²) in [5.41, 5.74) is 3.10. The van der Waals surface area contributed by atoms with Crippen molar-refractivity contribution in [1.29, 1.82) is 0 Å². The molecule has 8 heteroatoms. The Balaban J connectivity index is 1.36. The molecule has 0 N–H and O–H groups in total. The van der Waals surface area contributed by atoms with Crippen LogP contribution in [-0.4, -0.2) is 54.2 Å². The van der Waals surface area contributed by atoms with Gasteiger partial charge in [0, 0.05) is 37.8 Å². The fourth-order valence-electron chi connectivity index (χ4n) is 3.51. The van der Waals surface area contributed by atoms with Crippen LogP contribution in [0.2, 0.25) is 0 Å². The van der Waals surface area contributed by atoms with Gasteiger partial charge in [-0.05, 0) is 40.0 Å². The van der Waals surface area contributed by atoms with Gasteiger partial charge in [-0.15, -0.1) is 0 Å². The van der Waals surface area contributed by atoms with Crippen LogP contribution in [0.1, 0.15) is 23.2 Å². The molecular formula is C20H23BrN4O3. The van der Waals surface area contributed by atoms with Gasteiger partial charge in [0.1, 0.15) is 5.75 Å². The van der Waals surface area contributed by atoms with Crippen LogP contribution in [0.3, 0.4) is 0 Å². The van der Waals surface area contributed by atoms with E-state index < -0.39 is 0 Å². The maximum Gasteiger partial charge on any atom is 0.225 e. The summed E-state index contributed by atoms with van der Waals surface area (Å²) in [5, 5.41) is 0. The topological polar surface area (TPSA) is 67.8 Å². The van der Waals surface area contributed by atoms with Crippen LogP contribution in [0.5, 0.6) is 5.75 Å². The van der Waals surface area contributed by atoms with Gasteiger partial charge in [-0.1, -0.05) is 6.07 Å². The molecule has 28 heavy (non-hydrogen) atoms. The lowest BCUT2D eigenvalue weighted by atomic mass is 10.1. The maximum atomic E-state index is 12.7. The predicted molar refractivity (Wildman–Crippen MR) is 108 cm³/mol. The van der Waals surface area contributed by atoms with Crippen LogP contribution in [0.4, 0.5) is 5.95 Å². The van der Waals surface area contributed by atoms with Crippen LogP contribution in [0.25, 0.3) is 0 Å². The number of aryl methyl sites for hydroxylation is 1. The molecule has 1 saturated heterocycles. The first kappa shape index (κ1) is 19.1. The molecule has 3 heterocycles. The molecule has 1 amide bonds. The molecule has 2 aliphatic rings. The molecule has 0 atom stereocenters. The van der Waals surface area contributed by atoms with Crippen molar-refractivity contribution in [2.75, 3.05) is 38.3 Å². The van der Waals surface area contributed by atoms with Crippen molar-refractivity contribution in [3.63, 3.8) is 0 Å². The second kappa shape index (κ2) is 8.45. The Kier molecular flexibility index (Phi) is 5.77. The zero-order chi connectivity index (χ0) is 19.5. The van der Waals surface area contributed by atoms with Crippen molar-refractivity contribution in [1.82, 2.24) is 14.9 Å². The summed E-state index contributed by atoms with van der Waals surface area (Å²) >= 11 is 3.49. The van der Waals surface area contributed by atoms with Gasteiger partial charge < -0.3 is 19.3 Å². The predicted octanol–water partition coefficient (Wildman–Crippen LogP) is 2.56. The summed E-state index contributed by atoms with van der Waals surface area (Å²) in [5.74, 6) is 1.66. The van der Waals surface area contributed by atoms with Gasteiger partial charge in [0.15, 0.2) is 0 Å². The molecule has 0 unspecified atom stereocenters. The number of benzene rings is 1. The van der Waals surface area contributed by atoms with E-state index in [0.717, 1.165) is 46.1 Å². The summed E-state index contributed by atoms with van der Waals surface area (Å²) < 4.78 is 11.5. The molecule has 0 spiro atoms. The number of aromatic nitrogens is 2. The van der Waals surface area contributed by atoms with E-state index in [1.807, 2.05) is 29.3 Å². The number of morpholine rings is 1. The molecule has 1 aromatic carbocycles. The van der Waals surface area contributed by atoms with E-state index in [-0.39, 0.29) is 5.91 Å². The molecule has 148 valence electrons. The minimum atomic E-state index is 0.137. The Morgan fingerprint density at radius 1 is 1.29 bits per heavy atom. The summed E-state index contributed by atoms with van der Waals surface area (Å²) in [6.45, 7) is 4.15. The number of carbonyl (C=O) groups is 1. The number of rotatable bonds is 5. The summed E-state index contributed by atoms with van der Waals surface area (Å²) in [6.07, 6.45) is 3.02. The second-order valence-corrected chi connectivity index (χ2v) is 7.81. The highest BCUT2D eigenvalue weighted by Crippen LogP contribution is 2.27. The van der Waals surface area contributed by atoms with Gasteiger partial charge in [0.05, 0.1) is 37.0 Å². The Morgan fingerprint density at radius 2 is 2.11 bits per heavy atom. The normalized spacial score (nSPS) is 16.2. The van der Waals surface area contributed by atoms with Crippen LogP contribution < -0.4 is 9.64 Å². The first-order valence-electron chi connectivity index (χ1n) is 9.41. The lowest BCUT2D eigenvalue weighted by Gasteiger charge is -2.26. The highest BCUT2D eigenvalue weighted by Gasteiger charge is 2.26. The summed E-state index contributed by atoms with van der Waals surface area (Å²) in [6, 6.07) is 5.92.